The number of hydrogen-bond donors (Lipinski definition) is 0. The third-order valence-electron chi connectivity index (χ3n) is 2.25. The van der Waals surface area contributed by atoms with E-state index in [1.807, 2.05) is 0 Å². The third kappa shape index (κ3) is 3.55. The summed E-state index contributed by atoms with van der Waals surface area (Å²) in [6.07, 6.45) is 1.83. The Bertz CT molecular complexity index is 280. The topological polar surface area (TPSA) is 26.3 Å². The molecule has 1 aliphatic carbocycles. The van der Waals surface area contributed by atoms with Gasteiger partial charge in [-0.25, -0.2) is 0 Å². The molecule has 0 spiro atoms. The van der Waals surface area contributed by atoms with Gasteiger partial charge in [-0.2, -0.15) is 0 Å². The largest absolute Gasteiger partial charge is 0.469 e. The van der Waals surface area contributed by atoms with Crippen molar-refractivity contribution >= 4 is 14.0 Å². The minimum Gasteiger partial charge on any atom is -0.469 e. The molecule has 0 N–H and O–H groups in total. The van der Waals surface area contributed by atoms with Gasteiger partial charge in [-0.3, -0.25) is 4.79 Å². The van der Waals surface area contributed by atoms with Crippen molar-refractivity contribution in [3.05, 3.63) is 0 Å². The first-order valence-electron chi connectivity index (χ1n) is 5.02. The minimum atomic E-state index is -1.23. The first-order chi connectivity index (χ1) is 6.44. The van der Waals surface area contributed by atoms with Crippen LogP contribution in [0.15, 0.2) is 0 Å². The lowest BCUT2D eigenvalue weighted by Crippen LogP contribution is -2.16. The van der Waals surface area contributed by atoms with Crippen LogP contribution in [0.1, 0.15) is 12.8 Å². The van der Waals surface area contributed by atoms with Gasteiger partial charge in [0, 0.05) is 6.42 Å². The zero-order chi connectivity index (χ0) is 10.8. The standard InChI is InChI=1S/C11H18O2Si/c1-13-11(12)10-8-9(10)6-5-7-14(2,3)4/h9-10H,6,8H2,1-4H3. The molecular formula is C11H18O2Si. The Hall–Kier alpha value is -0.753. The Morgan fingerprint density at radius 3 is 2.64 bits per heavy atom. The van der Waals surface area contributed by atoms with E-state index in [1.54, 1.807) is 0 Å². The molecule has 1 aliphatic rings. The second-order valence-electron chi connectivity index (χ2n) is 4.88. The molecule has 0 bridgehead atoms. The average molecular weight is 210 g/mol. The lowest BCUT2D eigenvalue weighted by Gasteiger charge is -2.03. The van der Waals surface area contributed by atoms with E-state index in [9.17, 15) is 4.79 Å². The zero-order valence-corrected chi connectivity index (χ0v) is 10.4. The molecule has 3 heteroatoms. The predicted molar refractivity (Wildman–Crippen MR) is 59.4 cm³/mol. The Morgan fingerprint density at radius 1 is 1.50 bits per heavy atom. The van der Waals surface area contributed by atoms with Crippen molar-refractivity contribution < 1.29 is 9.53 Å². The Balaban J connectivity index is 2.29. The van der Waals surface area contributed by atoms with E-state index in [-0.39, 0.29) is 11.9 Å². The van der Waals surface area contributed by atoms with Gasteiger partial charge in [0.1, 0.15) is 8.07 Å². The predicted octanol–water partition coefficient (Wildman–Crippen LogP) is 2.07. The highest BCUT2D eigenvalue weighted by atomic mass is 28.3. The Kier molecular flexibility index (Phi) is 3.38. The van der Waals surface area contributed by atoms with Gasteiger partial charge in [-0.15, -0.1) is 11.5 Å². The fourth-order valence-electron chi connectivity index (χ4n) is 1.36. The highest BCUT2D eigenvalue weighted by Crippen LogP contribution is 2.41. The van der Waals surface area contributed by atoms with Crippen molar-refractivity contribution in [3.8, 4) is 11.5 Å². The monoisotopic (exact) mass is 210 g/mol. The van der Waals surface area contributed by atoms with Gasteiger partial charge in [-0.05, 0) is 12.3 Å². The first-order valence-corrected chi connectivity index (χ1v) is 8.52. The molecule has 2 nitrogen and oxygen atoms in total. The molecular weight excluding hydrogens is 192 g/mol. The van der Waals surface area contributed by atoms with Crippen LogP contribution in [-0.2, 0) is 9.53 Å². The van der Waals surface area contributed by atoms with E-state index in [1.165, 1.54) is 7.11 Å². The van der Waals surface area contributed by atoms with Gasteiger partial charge in [0.25, 0.3) is 0 Å². The van der Waals surface area contributed by atoms with Crippen molar-refractivity contribution in [2.24, 2.45) is 11.8 Å². The molecule has 2 unspecified atom stereocenters. The summed E-state index contributed by atoms with van der Waals surface area (Å²) in [7, 11) is 0.219. The van der Waals surface area contributed by atoms with Gasteiger partial charge in [0.15, 0.2) is 0 Å². The van der Waals surface area contributed by atoms with Crippen LogP contribution in [0.5, 0.6) is 0 Å². The minimum absolute atomic E-state index is 0.0650. The molecule has 0 aromatic carbocycles. The normalized spacial score (nSPS) is 24.9. The Morgan fingerprint density at radius 2 is 2.14 bits per heavy atom. The molecule has 0 aromatic rings. The van der Waals surface area contributed by atoms with Gasteiger partial charge >= 0.3 is 5.97 Å². The number of rotatable bonds is 2. The quantitative estimate of drug-likeness (QED) is 0.396. The molecule has 0 amide bonds. The molecule has 14 heavy (non-hydrogen) atoms. The van der Waals surface area contributed by atoms with Crippen LogP contribution in [0.3, 0.4) is 0 Å². The van der Waals surface area contributed by atoms with Crippen LogP contribution < -0.4 is 0 Å². The van der Waals surface area contributed by atoms with Crippen molar-refractivity contribution in [1.29, 1.82) is 0 Å². The smallest absolute Gasteiger partial charge is 0.308 e. The second-order valence-corrected chi connectivity index (χ2v) is 9.63. The number of ether oxygens (including phenoxy) is 1. The molecule has 1 saturated carbocycles. The summed E-state index contributed by atoms with van der Waals surface area (Å²) in [4.78, 5) is 11.1. The highest BCUT2D eigenvalue weighted by molar-refractivity contribution is 6.83. The molecule has 0 saturated heterocycles. The average Bonchev–Trinajstić information content (AvgIpc) is 2.80. The van der Waals surface area contributed by atoms with Crippen LogP contribution >= 0.6 is 0 Å². The van der Waals surface area contributed by atoms with Crippen LogP contribution in [0.4, 0.5) is 0 Å². The van der Waals surface area contributed by atoms with E-state index >= 15 is 0 Å². The van der Waals surface area contributed by atoms with Crippen molar-refractivity contribution in [1.82, 2.24) is 0 Å². The highest BCUT2D eigenvalue weighted by Gasteiger charge is 2.43. The van der Waals surface area contributed by atoms with Crippen LogP contribution in [0, 0.1) is 23.3 Å². The van der Waals surface area contributed by atoms with Crippen molar-refractivity contribution in [2.75, 3.05) is 7.11 Å². The Labute approximate surface area is 87.0 Å². The van der Waals surface area contributed by atoms with Crippen LogP contribution in [0.25, 0.3) is 0 Å². The molecule has 1 rings (SSSR count). The van der Waals surface area contributed by atoms with Crippen molar-refractivity contribution in [3.63, 3.8) is 0 Å². The van der Waals surface area contributed by atoms with Gasteiger partial charge < -0.3 is 4.74 Å². The van der Waals surface area contributed by atoms with Gasteiger partial charge in [0.05, 0.1) is 13.0 Å². The summed E-state index contributed by atoms with van der Waals surface area (Å²) in [5.74, 6) is 3.73. The lowest BCUT2D eigenvalue weighted by molar-refractivity contribution is -0.142. The van der Waals surface area contributed by atoms with E-state index in [0.29, 0.717) is 5.92 Å². The molecule has 2 atom stereocenters. The number of carbonyl (C=O) groups excluding carboxylic acids is 1. The maximum absolute atomic E-state index is 11.1. The molecule has 0 heterocycles. The number of hydrogen-bond acceptors (Lipinski definition) is 2. The maximum Gasteiger partial charge on any atom is 0.308 e. The molecule has 0 aromatic heterocycles. The third-order valence-corrected chi connectivity index (χ3v) is 3.18. The van der Waals surface area contributed by atoms with E-state index in [0.717, 1.165) is 12.8 Å². The molecule has 1 fully saturated rings. The summed E-state index contributed by atoms with van der Waals surface area (Å²) in [5.41, 5.74) is 3.31. The van der Waals surface area contributed by atoms with Gasteiger partial charge in [-0.1, -0.05) is 19.6 Å². The zero-order valence-electron chi connectivity index (χ0n) is 9.39. The van der Waals surface area contributed by atoms with E-state index in [2.05, 4.69) is 35.8 Å². The second kappa shape index (κ2) is 4.18. The van der Waals surface area contributed by atoms with Crippen LogP contribution in [-0.4, -0.2) is 21.2 Å². The molecule has 0 aliphatic heterocycles. The molecule has 0 radical (unpaired) electrons. The number of methoxy groups -OCH3 is 1. The summed E-state index contributed by atoms with van der Waals surface area (Å²) in [5, 5.41) is 0. The van der Waals surface area contributed by atoms with E-state index in [4.69, 9.17) is 0 Å². The van der Waals surface area contributed by atoms with E-state index < -0.39 is 8.07 Å². The number of carbonyl (C=O) groups is 1. The lowest BCUT2D eigenvalue weighted by atomic mass is 10.2. The maximum atomic E-state index is 11.1. The fraction of sp³-hybridized carbons (Fsp3) is 0.727. The summed E-state index contributed by atoms with van der Waals surface area (Å²) < 4.78 is 4.67. The fourth-order valence-corrected chi connectivity index (χ4v) is 1.99. The summed E-state index contributed by atoms with van der Waals surface area (Å²) in [6, 6.07) is 0. The molecule has 78 valence electrons. The SMILES string of the molecule is COC(=O)C1CC1CC#C[Si](C)(C)C. The number of esters is 1. The first kappa shape index (κ1) is 11.3. The van der Waals surface area contributed by atoms with Crippen LogP contribution in [0.2, 0.25) is 19.6 Å². The van der Waals surface area contributed by atoms with Gasteiger partial charge in [0.2, 0.25) is 0 Å². The summed E-state index contributed by atoms with van der Waals surface area (Å²) >= 11 is 0. The van der Waals surface area contributed by atoms with Crippen molar-refractivity contribution in [2.45, 2.75) is 32.5 Å². The summed E-state index contributed by atoms with van der Waals surface area (Å²) in [6.45, 7) is 6.68.